The Labute approximate surface area is 104 Å². The Balaban J connectivity index is 2.77. The molecule has 0 saturated carbocycles. The van der Waals surface area contributed by atoms with Gasteiger partial charge in [0.15, 0.2) is 0 Å². The third-order valence-electron chi connectivity index (χ3n) is 2.07. The zero-order valence-electron chi connectivity index (χ0n) is 7.46. The minimum Gasteiger partial charge on any atom is -0.352 e. The number of benzene rings is 1. The van der Waals surface area contributed by atoms with Gasteiger partial charge in [0.05, 0.1) is 4.92 Å². The van der Waals surface area contributed by atoms with Crippen LogP contribution in [0.15, 0.2) is 18.2 Å². The largest absolute Gasteiger partial charge is 0.352 e. The summed E-state index contributed by atoms with van der Waals surface area (Å²) in [6.45, 7) is 0. The summed E-state index contributed by atoms with van der Waals surface area (Å²) in [5, 5.41) is 12.0. The second kappa shape index (κ2) is 3.97. The summed E-state index contributed by atoms with van der Waals surface area (Å²) in [6, 6.07) is 4.95. The van der Waals surface area contributed by atoms with Gasteiger partial charge in [-0.1, -0.05) is 34.2 Å². The van der Waals surface area contributed by atoms with Crippen LogP contribution in [0.4, 0.5) is 5.69 Å². The maximum absolute atomic E-state index is 10.8. The van der Waals surface area contributed by atoms with Crippen LogP contribution in [0.25, 0.3) is 10.9 Å². The Hall–Kier alpha value is -0.820. The zero-order chi connectivity index (χ0) is 11.0. The van der Waals surface area contributed by atoms with Gasteiger partial charge in [-0.15, -0.1) is 0 Å². The lowest BCUT2D eigenvalue weighted by Gasteiger charge is -1.95. The lowest BCUT2D eigenvalue weighted by Crippen LogP contribution is -1.89. The number of alkyl halides is 1. The lowest BCUT2D eigenvalue weighted by atomic mass is 10.2. The number of aromatic amines is 1. The highest BCUT2D eigenvalue weighted by molar-refractivity contribution is 14.1. The molecule has 0 atom stereocenters. The van der Waals surface area contributed by atoms with Crippen molar-refractivity contribution >= 4 is 50.8 Å². The molecule has 0 fully saturated rings. The van der Waals surface area contributed by atoms with Crippen molar-refractivity contribution in [1.29, 1.82) is 0 Å². The van der Waals surface area contributed by atoms with E-state index in [4.69, 9.17) is 11.6 Å². The summed E-state index contributed by atoms with van der Waals surface area (Å²) < 4.78 is 0.779. The van der Waals surface area contributed by atoms with Crippen molar-refractivity contribution in [3.63, 3.8) is 0 Å². The number of nitro groups is 1. The van der Waals surface area contributed by atoms with Crippen molar-refractivity contribution in [1.82, 2.24) is 4.98 Å². The molecule has 2 aromatic rings. The molecule has 0 saturated heterocycles. The number of nitro benzene ring substituents is 1. The van der Waals surface area contributed by atoms with Crippen LogP contribution in [0, 0.1) is 10.1 Å². The Morgan fingerprint density at radius 3 is 2.80 bits per heavy atom. The smallest absolute Gasteiger partial charge is 0.294 e. The van der Waals surface area contributed by atoms with Gasteiger partial charge in [0.2, 0.25) is 0 Å². The molecule has 1 aromatic heterocycles. The third kappa shape index (κ3) is 1.93. The molecule has 0 spiro atoms. The normalized spacial score (nSPS) is 10.8. The van der Waals surface area contributed by atoms with Gasteiger partial charge in [0, 0.05) is 26.6 Å². The van der Waals surface area contributed by atoms with Crippen molar-refractivity contribution in [3.05, 3.63) is 39.0 Å². The van der Waals surface area contributed by atoms with E-state index in [1.807, 2.05) is 6.07 Å². The number of H-pyrrole nitrogens is 1. The van der Waals surface area contributed by atoms with Gasteiger partial charge in [-0.25, -0.2) is 0 Å². The van der Waals surface area contributed by atoms with Gasteiger partial charge in [-0.3, -0.25) is 10.1 Å². The highest BCUT2D eigenvalue weighted by Crippen LogP contribution is 2.30. The van der Waals surface area contributed by atoms with Gasteiger partial charge in [0.1, 0.15) is 5.52 Å². The van der Waals surface area contributed by atoms with Crippen molar-refractivity contribution in [2.75, 3.05) is 0 Å². The molecule has 0 aliphatic carbocycles. The van der Waals surface area contributed by atoms with Gasteiger partial charge in [-0.05, 0) is 12.1 Å². The molecule has 78 valence electrons. The monoisotopic (exact) mass is 336 g/mol. The van der Waals surface area contributed by atoms with Crippen molar-refractivity contribution in [3.8, 4) is 0 Å². The summed E-state index contributed by atoms with van der Waals surface area (Å²) in [7, 11) is 0. The molecular weight excluding hydrogens is 330 g/mol. The van der Waals surface area contributed by atoms with Crippen LogP contribution in [0.1, 0.15) is 5.69 Å². The summed E-state index contributed by atoms with van der Waals surface area (Å²) >= 11 is 7.99. The molecule has 4 nitrogen and oxygen atoms in total. The molecule has 0 amide bonds. The molecule has 6 heteroatoms. The molecule has 2 rings (SSSR count). The van der Waals surface area contributed by atoms with Crippen LogP contribution in [0.5, 0.6) is 0 Å². The molecule has 0 unspecified atom stereocenters. The first-order valence-electron chi connectivity index (χ1n) is 4.13. The average molecular weight is 337 g/mol. The quantitative estimate of drug-likeness (QED) is 0.394. The highest BCUT2D eigenvalue weighted by atomic mass is 127. The Bertz CT molecular complexity index is 538. The van der Waals surface area contributed by atoms with E-state index in [0.29, 0.717) is 10.5 Å². The molecular formula is C9H6ClIN2O2. The van der Waals surface area contributed by atoms with E-state index in [1.54, 1.807) is 6.07 Å². The molecule has 1 aromatic carbocycles. The van der Waals surface area contributed by atoms with Crippen LogP contribution in [0.3, 0.4) is 0 Å². The van der Waals surface area contributed by atoms with E-state index in [2.05, 4.69) is 27.6 Å². The number of nitrogens with zero attached hydrogens (tertiary/aromatic N) is 1. The van der Waals surface area contributed by atoms with Crippen LogP contribution < -0.4 is 0 Å². The second-order valence-corrected chi connectivity index (χ2v) is 4.27. The third-order valence-corrected chi connectivity index (χ3v) is 3.11. The molecule has 15 heavy (non-hydrogen) atoms. The molecule has 0 radical (unpaired) electrons. The van der Waals surface area contributed by atoms with Gasteiger partial charge in [-0.2, -0.15) is 0 Å². The van der Waals surface area contributed by atoms with Crippen molar-refractivity contribution < 1.29 is 4.92 Å². The fraction of sp³-hybridized carbons (Fsp3) is 0.111. The van der Waals surface area contributed by atoms with Crippen LogP contribution in [0.2, 0.25) is 5.02 Å². The van der Waals surface area contributed by atoms with Crippen molar-refractivity contribution in [2.24, 2.45) is 0 Å². The van der Waals surface area contributed by atoms with E-state index in [9.17, 15) is 10.1 Å². The number of hydrogen-bond acceptors (Lipinski definition) is 2. The SMILES string of the molecule is O=[N+]([O-])c1cc(Cl)cc2cc(CI)[nH]c12. The predicted molar refractivity (Wildman–Crippen MR) is 67.7 cm³/mol. The van der Waals surface area contributed by atoms with Gasteiger partial charge < -0.3 is 4.98 Å². The molecule has 0 bridgehead atoms. The number of nitrogens with one attached hydrogen (secondary N) is 1. The zero-order valence-corrected chi connectivity index (χ0v) is 10.4. The molecule has 1 heterocycles. The molecule has 1 N–H and O–H groups in total. The minimum absolute atomic E-state index is 0.0219. The van der Waals surface area contributed by atoms with E-state index in [-0.39, 0.29) is 5.69 Å². The standard InChI is InChI=1S/C9H6ClIN2O2/c10-6-1-5-2-7(4-11)12-9(5)8(3-6)13(14)15/h1-3,12H,4H2. The Morgan fingerprint density at radius 1 is 1.47 bits per heavy atom. The van der Waals surface area contributed by atoms with Crippen molar-refractivity contribution in [2.45, 2.75) is 4.43 Å². The van der Waals surface area contributed by atoms with Gasteiger partial charge in [0.25, 0.3) is 5.69 Å². The fourth-order valence-electron chi connectivity index (χ4n) is 1.46. The lowest BCUT2D eigenvalue weighted by molar-refractivity contribution is -0.383. The predicted octanol–water partition coefficient (Wildman–Crippen LogP) is 3.66. The molecule has 0 aliphatic heterocycles. The highest BCUT2D eigenvalue weighted by Gasteiger charge is 2.15. The maximum Gasteiger partial charge on any atom is 0.294 e. The first-order valence-corrected chi connectivity index (χ1v) is 6.03. The summed E-state index contributed by atoms with van der Waals surface area (Å²) in [5.74, 6) is 0. The Kier molecular flexibility index (Phi) is 2.83. The summed E-state index contributed by atoms with van der Waals surface area (Å²) in [4.78, 5) is 13.4. The van der Waals surface area contributed by atoms with E-state index in [0.717, 1.165) is 15.5 Å². The van der Waals surface area contributed by atoms with Crippen LogP contribution in [-0.2, 0) is 4.43 Å². The number of fused-ring (bicyclic) bond motifs is 1. The first kappa shape index (κ1) is 10.7. The Morgan fingerprint density at radius 2 is 2.20 bits per heavy atom. The van der Waals surface area contributed by atoms with E-state index < -0.39 is 4.92 Å². The fourth-order valence-corrected chi connectivity index (χ4v) is 2.10. The molecule has 0 aliphatic rings. The topological polar surface area (TPSA) is 58.9 Å². The number of halogens is 2. The van der Waals surface area contributed by atoms with E-state index >= 15 is 0 Å². The maximum atomic E-state index is 10.8. The number of rotatable bonds is 2. The van der Waals surface area contributed by atoms with E-state index in [1.165, 1.54) is 6.07 Å². The second-order valence-electron chi connectivity index (χ2n) is 3.07. The first-order chi connectivity index (χ1) is 7.11. The number of hydrogen-bond donors (Lipinski definition) is 1. The average Bonchev–Trinajstić information content (AvgIpc) is 2.58. The number of non-ortho nitro benzene ring substituents is 1. The van der Waals surface area contributed by atoms with Gasteiger partial charge >= 0.3 is 0 Å². The number of aromatic nitrogens is 1. The van der Waals surface area contributed by atoms with Crippen LogP contribution >= 0.6 is 34.2 Å². The summed E-state index contributed by atoms with van der Waals surface area (Å²) in [5.41, 5.74) is 1.51. The minimum atomic E-state index is -0.429. The summed E-state index contributed by atoms with van der Waals surface area (Å²) in [6.07, 6.45) is 0. The van der Waals surface area contributed by atoms with Crippen LogP contribution in [-0.4, -0.2) is 9.91 Å².